The second kappa shape index (κ2) is 4.27. The first kappa shape index (κ1) is 10.8. The highest BCUT2D eigenvalue weighted by Gasteiger charge is 2.14. The van der Waals surface area contributed by atoms with Crippen molar-refractivity contribution >= 4 is 5.97 Å². The summed E-state index contributed by atoms with van der Waals surface area (Å²) in [5, 5.41) is 0. The van der Waals surface area contributed by atoms with Gasteiger partial charge in [0, 0.05) is 0 Å². The molecule has 0 aliphatic rings. The van der Waals surface area contributed by atoms with Crippen LogP contribution in [0.25, 0.3) is 0 Å². The molecule has 2 heteroatoms. The summed E-state index contributed by atoms with van der Waals surface area (Å²) in [7, 11) is 0. The van der Waals surface area contributed by atoms with Crippen LogP contribution in [-0.4, -0.2) is 12.6 Å². The molecule has 2 nitrogen and oxygen atoms in total. The smallest absolute Gasteiger partial charge is 0.338 e. The van der Waals surface area contributed by atoms with Gasteiger partial charge in [-0.15, -0.1) is 0 Å². The van der Waals surface area contributed by atoms with Gasteiger partial charge in [-0.3, -0.25) is 0 Å². The van der Waals surface area contributed by atoms with Crippen molar-refractivity contribution in [1.29, 1.82) is 0 Å². The van der Waals surface area contributed by atoms with E-state index in [-0.39, 0.29) is 11.4 Å². The first-order chi connectivity index (χ1) is 6.49. The van der Waals surface area contributed by atoms with Crippen molar-refractivity contribution in [3.05, 3.63) is 35.9 Å². The molecule has 0 atom stereocenters. The summed E-state index contributed by atoms with van der Waals surface area (Å²) < 4.78 is 5.15. The molecule has 0 aromatic heterocycles. The summed E-state index contributed by atoms with van der Waals surface area (Å²) in [5.74, 6) is -0.250. The van der Waals surface area contributed by atoms with Crippen LogP contribution in [-0.2, 0) is 4.74 Å². The normalized spacial score (nSPS) is 11.1. The topological polar surface area (TPSA) is 26.3 Å². The minimum atomic E-state index is -0.250. The lowest BCUT2D eigenvalue weighted by atomic mass is 9.99. The fourth-order valence-corrected chi connectivity index (χ4v) is 0.940. The molecule has 0 saturated heterocycles. The standard InChI is InChI=1S/C12H16O2/c1-12(2,3)9-14-11(13)10-7-5-4-6-8-10/h4-8H,9H2,1-3H3. The first-order valence-corrected chi connectivity index (χ1v) is 4.71. The zero-order valence-electron chi connectivity index (χ0n) is 8.91. The molecule has 0 aliphatic carbocycles. The molecule has 1 rings (SSSR count). The Morgan fingerprint density at radius 3 is 2.29 bits per heavy atom. The third-order valence-electron chi connectivity index (χ3n) is 1.65. The molecule has 0 amide bonds. The Bertz CT molecular complexity index is 296. The van der Waals surface area contributed by atoms with Crippen molar-refractivity contribution in [3.63, 3.8) is 0 Å². The maximum absolute atomic E-state index is 11.5. The molecular formula is C12H16O2. The number of hydrogen-bond acceptors (Lipinski definition) is 2. The minimum absolute atomic E-state index is 0.0183. The van der Waals surface area contributed by atoms with Gasteiger partial charge in [0.05, 0.1) is 12.2 Å². The summed E-state index contributed by atoms with van der Waals surface area (Å²) in [6, 6.07) is 9.04. The zero-order valence-corrected chi connectivity index (χ0v) is 8.91. The van der Waals surface area contributed by atoms with Gasteiger partial charge in [-0.05, 0) is 17.5 Å². The highest BCUT2D eigenvalue weighted by atomic mass is 16.5. The number of carbonyl (C=O) groups is 1. The van der Waals surface area contributed by atoms with E-state index in [0.29, 0.717) is 12.2 Å². The Hall–Kier alpha value is -1.31. The van der Waals surface area contributed by atoms with Crippen LogP contribution in [0.15, 0.2) is 30.3 Å². The second-order valence-corrected chi connectivity index (χ2v) is 4.50. The van der Waals surface area contributed by atoms with Gasteiger partial charge in [-0.25, -0.2) is 4.79 Å². The summed E-state index contributed by atoms with van der Waals surface area (Å²) in [4.78, 5) is 11.5. The van der Waals surface area contributed by atoms with Crippen LogP contribution in [0, 0.1) is 5.41 Å². The van der Waals surface area contributed by atoms with Gasteiger partial charge in [0.15, 0.2) is 0 Å². The number of rotatable bonds is 2. The maximum Gasteiger partial charge on any atom is 0.338 e. The largest absolute Gasteiger partial charge is 0.462 e. The molecule has 0 bridgehead atoms. The van der Waals surface area contributed by atoms with Crippen LogP contribution < -0.4 is 0 Å². The highest BCUT2D eigenvalue weighted by Crippen LogP contribution is 2.14. The third-order valence-corrected chi connectivity index (χ3v) is 1.65. The van der Waals surface area contributed by atoms with Crippen LogP contribution in [0.2, 0.25) is 0 Å². The molecule has 0 unspecified atom stereocenters. The molecule has 0 N–H and O–H groups in total. The van der Waals surface area contributed by atoms with Crippen LogP contribution in [0.1, 0.15) is 31.1 Å². The third kappa shape index (κ3) is 3.60. The first-order valence-electron chi connectivity index (χ1n) is 4.71. The van der Waals surface area contributed by atoms with E-state index in [0.717, 1.165) is 0 Å². The second-order valence-electron chi connectivity index (χ2n) is 4.50. The Kier molecular flexibility index (Phi) is 3.28. The van der Waals surface area contributed by atoms with E-state index in [1.54, 1.807) is 12.1 Å². The van der Waals surface area contributed by atoms with Gasteiger partial charge >= 0.3 is 5.97 Å². The van der Waals surface area contributed by atoms with Gasteiger partial charge in [0.2, 0.25) is 0 Å². The highest BCUT2D eigenvalue weighted by molar-refractivity contribution is 5.89. The van der Waals surface area contributed by atoms with E-state index in [1.165, 1.54) is 0 Å². The van der Waals surface area contributed by atoms with Gasteiger partial charge in [-0.1, -0.05) is 39.0 Å². The molecule has 0 spiro atoms. The minimum Gasteiger partial charge on any atom is -0.462 e. The van der Waals surface area contributed by atoms with Gasteiger partial charge in [0.1, 0.15) is 0 Å². The SMILES string of the molecule is CC(C)(C)COC(=O)c1ccccc1. The van der Waals surface area contributed by atoms with Crippen LogP contribution >= 0.6 is 0 Å². The van der Waals surface area contributed by atoms with Crippen LogP contribution in [0.3, 0.4) is 0 Å². The Morgan fingerprint density at radius 2 is 1.79 bits per heavy atom. The lowest BCUT2D eigenvalue weighted by molar-refractivity contribution is 0.0367. The van der Waals surface area contributed by atoms with Gasteiger partial charge in [0.25, 0.3) is 0 Å². The molecule has 0 radical (unpaired) electrons. The number of esters is 1. The predicted octanol–water partition coefficient (Wildman–Crippen LogP) is 2.89. The molecule has 0 aliphatic heterocycles. The molecule has 1 aromatic rings. The Labute approximate surface area is 84.9 Å². The van der Waals surface area contributed by atoms with Gasteiger partial charge < -0.3 is 4.74 Å². The zero-order chi connectivity index (χ0) is 10.6. The molecule has 1 aromatic carbocycles. The van der Waals surface area contributed by atoms with Gasteiger partial charge in [-0.2, -0.15) is 0 Å². The van der Waals surface area contributed by atoms with Crippen molar-refractivity contribution < 1.29 is 9.53 Å². The fraction of sp³-hybridized carbons (Fsp3) is 0.417. The maximum atomic E-state index is 11.5. The number of hydrogen-bond donors (Lipinski definition) is 0. The molecule has 14 heavy (non-hydrogen) atoms. The lowest BCUT2D eigenvalue weighted by Gasteiger charge is -2.17. The Balaban J connectivity index is 2.52. The molecule has 0 heterocycles. The van der Waals surface area contributed by atoms with Crippen LogP contribution in [0.4, 0.5) is 0 Å². The molecule has 0 fully saturated rings. The fourth-order valence-electron chi connectivity index (χ4n) is 0.940. The monoisotopic (exact) mass is 192 g/mol. The van der Waals surface area contributed by atoms with E-state index in [2.05, 4.69) is 0 Å². The molecule has 76 valence electrons. The number of carbonyl (C=O) groups excluding carboxylic acids is 1. The lowest BCUT2D eigenvalue weighted by Crippen LogP contribution is -2.18. The number of benzene rings is 1. The predicted molar refractivity (Wildman–Crippen MR) is 56.2 cm³/mol. The summed E-state index contributed by atoms with van der Waals surface area (Å²) in [6.45, 7) is 6.54. The van der Waals surface area contributed by atoms with E-state index in [9.17, 15) is 4.79 Å². The van der Waals surface area contributed by atoms with Crippen molar-refractivity contribution in [2.45, 2.75) is 20.8 Å². The quantitative estimate of drug-likeness (QED) is 0.673. The average Bonchev–Trinajstić information content (AvgIpc) is 2.14. The number of ether oxygens (including phenoxy) is 1. The Morgan fingerprint density at radius 1 is 1.21 bits per heavy atom. The van der Waals surface area contributed by atoms with Crippen molar-refractivity contribution in [3.8, 4) is 0 Å². The van der Waals surface area contributed by atoms with E-state index < -0.39 is 0 Å². The summed E-state index contributed by atoms with van der Waals surface area (Å²) in [6.07, 6.45) is 0. The molecule has 0 saturated carbocycles. The van der Waals surface area contributed by atoms with Crippen molar-refractivity contribution in [2.75, 3.05) is 6.61 Å². The van der Waals surface area contributed by atoms with Crippen molar-refractivity contribution in [2.24, 2.45) is 5.41 Å². The summed E-state index contributed by atoms with van der Waals surface area (Å²) >= 11 is 0. The van der Waals surface area contributed by atoms with Crippen LogP contribution in [0.5, 0.6) is 0 Å². The average molecular weight is 192 g/mol. The van der Waals surface area contributed by atoms with Crippen molar-refractivity contribution in [1.82, 2.24) is 0 Å². The molecular weight excluding hydrogens is 176 g/mol. The van der Waals surface area contributed by atoms with E-state index in [1.807, 2.05) is 39.0 Å². The summed E-state index contributed by atoms with van der Waals surface area (Å²) in [5.41, 5.74) is 0.626. The van der Waals surface area contributed by atoms with E-state index >= 15 is 0 Å². The van der Waals surface area contributed by atoms with E-state index in [4.69, 9.17) is 4.74 Å².